The van der Waals surface area contributed by atoms with Gasteiger partial charge in [-0.05, 0) is 18.2 Å². The Bertz CT molecular complexity index is 1320. The fraction of sp³-hybridized carbons (Fsp3) is 0.115. The number of rotatable bonds is 1. The van der Waals surface area contributed by atoms with Gasteiger partial charge in [0.05, 0.1) is 5.56 Å². The molecule has 5 rings (SSSR count). The van der Waals surface area contributed by atoms with Crippen molar-refractivity contribution in [3.63, 3.8) is 0 Å². The average Bonchev–Trinajstić information content (AvgIpc) is 3.09. The number of esters is 1. The molecule has 0 radical (unpaired) electrons. The highest BCUT2D eigenvalue weighted by atomic mass is 16.7. The van der Waals surface area contributed by atoms with Gasteiger partial charge in [0.1, 0.15) is 16.9 Å². The molecular weight excluding hydrogens is 376 g/mol. The van der Waals surface area contributed by atoms with Gasteiger partial charge in [-0.2, -0.15) is 0 Å². The Labute approximate surface area is 174 Å². The van der Waals surface area contributed by atoms with Crippen molar-refractivity contribution in [1.82, 2.24) is 0 Å². The third kappa shape index (κ3) is 3.21. The Morgan fingerprint density at radius 3 is 2.27 bits per heavy atom. The van der Waals surface area contributed by atoms with Gasteiger partial charge in [0, 0.05) is 36.4 Å². The quantitative estimate of drug-likeness (QED) is 0.303. The number of cyclic esters (lactones) is 1. The first-order chi connectivity index (χ1) is 14.5. The summed E-state index contributed by atoms with van der Waals surface area (Å²) >= 11 is 0. The predicted octanol–water partition coefficient (Wildman–Crippen LogP) is 5.78. The van der Waals surface area contributed by atoms with E-state index in [0.717, 1.165) is 22.1 Å². The molecule has 0 fully saturated rings. The van der Waals surface area contributed by atoms with E-state index in [9.17, 15) is 4.79 Å². The third-order valence-corrected chi connectivity index (χ3v) is 4.85. The van der Waals surface area contributed by atoms with Crippen LogP contribution in [0.4, 0.5) is 0 Å². The van der Waals surface area contributed by atoms with Crippen LogP contribution in [0, 0.1) is 11.8 Å². The molecule has 146 valence electrons. The summed E-state index contributed by atoms with van der Waals surface area (Å²) in [5, 5.41) is 0.747. The lowest BCUT2D eigenvalue weighted by molar-refractivity contribution is -0.127. The van der Waals surface area contributed by atoms with Crippen LogP contribution in [0.5, 0.6) is 5.75 Å². The van der Waals surface area contributed by atoms with E-state index in [2.05, 4.69) is 11.8 Å². The minimum absolute atomic E-state index is 0.366. The number of furan rings is 1. The summed E-state index contributed by atoms with van der Waals surface area (Å²) in [6.45, 7) is 3.40. The number of carbonyl (C=O) groups is 1. The van der Waals surface area contributed by atoms with Crippen molar-refractivity contribution in [2.75, 3.05) is 0 Å². The van der Waals surface area contributed by atoms with Gasteiger partial charge < -0.3 is 13.9 Å². The summed E-state index contributed by atoms with van der Waals surface area (Å²) in [6.07, 6.45) is 0. The Balaban J connectivity index is 1.74. The van der Waals surface area contributed by atoms with Crippen molar-refractivity contribution in [2.24, 2.45) is 0 Å². The molecule has 0 saturated carbocycles. The van der Waals surface area contributed by atoms with Crippen LogP contribution < -0.4 is 4.74 Å². The number of carbonyl (C=O) groups excluding carboxylic acids is 1. The molecule has 0 bridgehead atoms. The van der Waals surface area contributed by atoms with Crippen molar-refractivity contribution >= 4 is 16.9 Å². The summed E-state index contributed by atoms with van der Waals surface area (Å²) in [5.41, 5.74) is 3.50. The summed E-state index contributed by atoms with van der Waals surface area (Å²) in [6, 6.07) is 23.0. The summed E-state index contributed by atoms with van der Waals surface area (Å²) < 4.78 is 17.4. The maximum Gasteiger partial charge on any atom is 0.345 e. The normalized spacial score (nSPS) is 14.3. The molecule has 1 aliphatic rings. The molecule has 4 aromatic rings. The SMILES string of the molecule is CC1(C)OC(=O)c2cc3c(C#Cc4ccccc4)c(-c4ccccc4)oc3cc2O1. The fourth-order valence-corrected chi connectivity index (χ4v) is 3.51. The number of fused-ring (bicyclic) bond motifs is 2. The molecule has 0 saturated heterocycles. The van der Waals surface area contributed by atoms with Crippen LogP contribution in [0.25, 0.3) is 22.3 Å². The molecule has 3 aromatic carbocycles. The zero-order valence-electron chi connectivity index (χ0n) is 16.6. The molecule has 1 aromatic heterocycles. The molecular formula is C26H18O4. The minimum atomic E-state index is -1.03. The van der Waals surface area contributed by atoms with Gasteiger partial charge in [-0.1, -0.05) is 60.4 Å². The number of ether oxygens (including phenoxy) is 2. The number of hydrogen-bond donors (Lipinski definition) is 0. The first-order valence-electron chi connectivity index (χ1n) is 9.65. The molecule has 0 atom stereocenters. The van der Waals surface area contributed by atoms with Gasteiger partial charge >= 0.3 is 5.97 Å². The van der Waals surface area contributed by atoms with Crippen molar-refractivity contribution < 1.29 is 18.7 Å². The van der Waals surface area contributed by atoms with Crippen LogP contribution >= 0.6 is 0 Å². The van der Waals surface area contributed by atoms with Crippen molar-refractivity contribution in [1.29, 1.82) is 0 Å². The monoisotopic (exact) mass is 394 g/mol. The summed E-state index contributed by atoms with van der Waals surface area (Å²) in [7, 11) is 0. The lowest BCUT2D eigenvalue weighted by Gasteiger charge is -2.31. The van der Waals surface area contributed by atoms with E-state index in [1.807, 2.05) is 60.7 Å². The second-order valence-electron chi connectivity index (χ2n) is 7.52. The summed E-state index contributed by atoms with van der Waals surface area (Å²) in [4.78, 5) is 12.5. The zero-order chi connectivity index (χ0) is 20.7. The first kappa shape index (κ1) is 18.1. The summed E-state index contributed by atoms with van der Waals surface area (Å²) in [5.74, 6) is 6.10. The average molecular weight is 394 g/mol. The largest absolute Gasteiger partial charge is 0.455 e. The predicted molar refractivity (Wildman–Crippen MR) is 114 cm³/mol. The topological polar surface area (TPSA) is 48.7 Å². The molecule has 1 aliphatic heterocycles. The van der Waals surface area contributed by atoms with Gasteiger partial charge in [0.25, 0.3) is 0 Å². The molecule has 4 heteroatoms. The minimum Gasteiger partial charge on any atom is -0.455 e. The van der Waals surface area contributed by atoms with Crippen LogP contribution in [-0.2, 0) is 4.74 Å². The number of hydrogen-bond acceptors (Lipinski definition) is 4. The van der Waals surface area contributed by atoms with E-state index in [1.165, 1.54) is 0 Å². The lowest BCUT2D eigenvalue weighted by Crippen LogP contribution is -2.38. The van der Waals surface area contributed by atoms with E-state index in [4.69, 9.17) is 13.9 Å². The van der Waals surface area contributed by atoms with Crippen molar-refractivity contribution in [2.45, 2.75) is 19.6 Å². The highest BCUT2D eigenvalue weighted by molar-refractivity contribution is 6.01. The van der Waals surface area contributed by atoms with E-state index >= 15 is 0 Å². The van der Waals surface area contributed by atoms with Crippen LogP contribution in [0.3, 0.4) is 0 Å². The van der Waals surface area contributed by atoms with E-state index in [1.54, 1.807) is 26.0 Å². The molecule has 30 heavy (non-hydrogen) atoms. The van der Waals surface area contributed by atoms with Crippen molar-refractivity contribution in [3.8, 4) is 28.9 Å². The Morgan fingerprint density at radius 1 is 0.833 bits per heavy atom. The second kappa shape index (κ2) is 6.82. The smallest absolute Gasteiger partial charge is 0.345 e. The van der Waals surface area contributed by atoms with Gasteiger partial charge in [-0.15, -0.1) is 0 Å². The highest BCUT2D eigenvalue weighted by Gasteiger charge is 2.35. The fourth-order valence-electron chi connectivity index (χ4n) is 3.51. The third-order valence-electron chi connectivity index (χ3n) is 4.85. The second-order valence-corrected chi connectivity index (χ2v) is 7.52. The van der Waals surface area contributed by atoms with Gasteiger partial charge in [0.15, 0.2) is 5.76 Å². The highest BCUT2D eigenvalue weighted by Crippen LogP contribution is 2.39. The van der Waals surface area contributed by atoms with Gasteiger partial charge in [-0.25, -0.2) is 4.79 Å². The maximum atomic E-state index is 12.5. The van der Waals surface area contributed by atoms with E-state index in [-0.39, 0.29) is 0 Å². The molecule has 2 heterocycles. The molecule has 0 unspecified atom stereocenters. The molecule has 0 spiro atoms. The van der Waals surface area contributed by atoms with Crippen LogP contribution in [0.2, 0.25) is 0 Å². The Hall–Kier alpha value is -3.97. The zero-order valence-corrected chi connectivity index (χ0v) is 16.6. The van der Waals surface area contributed by atoms with Gasteiger partial charge in [0.2, 0.25) is 5.79 Å². The lowest BCUT2D eigenvalue weighted by atomic mass is 10.0. The van der Waals surface area contributed by atoms with Crippen LogP contribution in [-0.4, -0.2) is 11.8 Å². The van der Waals surface area contributed by atoms with E-state index in [0.29, 0.717) is 22.7 Å². The molecule has 4 nitrogen and oxygen atoms in total. The van der Waals surface area contributed by atoms with Crippen LogP contribution in [0.1, 0.15) is 35.3 Å². The molecule has 0 aliphatic carbocycles. The van der Waals surface area contributed by atoms with Crippen LogP contribution in [0.15, 0.2) is 77.2 Å². The van der Waals surface area contributed by atoms with E-state index < -0.39 is 11.8 Å². The first-order valence-corrected chi connectivity index (χ1v) is 9.65. The Morgan fingerprint density at radius 2 is 1.53 bits per heavy atom. The van der Waals surface area contributed by atoms with Gasteiger partial charge in [-0.3, -0.25) is 0 Å². The number of benzene rings is 3. The molecule has 0 N–H and O–H groups in total. The standard InChI is InChI=1S/C26H18O4/c1-26(2)29-23-16-22-20(15-21(23)25(27)30-26)19(14-13-17-9-5-3-6-10-17)24(28-22)18-11-7-4-8-12-18/h3-12,15-16H,1-2H3. The van der Waals surface area contributed by atoms with Crippen molar-refractivity contribution in [3.05, 3.63) is 89.5 Å². The maximum absolute atomic E-state index is 12.5. The molecule has 0 amide bonds. The Kier molecular flexibility index (Phi) is 4.11.